The molecule has 0 saturated heterocycles. The summed E-state index contributed by atoms with van der Waals surface area (Å²) in [7, 11) is 1.30. The van der Waals surface area contributed by atoms with E-state index in [1.807, 2.05) is 19.9 Å². The molecule has 0 aromatic carbocycles. The van der Waals surface area contributed by atoms with E-state index in [2.05, 4.69) is 19.9 Å². The molecule has 5 aliphatic rings. The van der Waals surface area contributed by atoms with Crippen LogP contribution < -0.4 is 0 Å². The SMILES string of the molecule is COC(=O)[C@](C)(O)[C@@H]1C[C@@H]([C@H]2CC[C@@]3(C)C4=C(C=C5C=CC(=O)OC(C)(C)[C@@H]5CC4)CC[C@]23C)[C@H](O)C1. The molecule has 6 heteroatoms. The van der Waals surface area contributed by atoms with Gasteiger partial charge in [-0.25, -0.2) is 9.59 Å². The minimum Gasteiger partial charge on any atom is -0.467 e. The Morgan fingerprint density at radius 3 is 2.54 bits per heavy atom. The van der Waals surface area contributed by atoms with E-state index in [-0.39, 0.29) is 34.6 Å². The van der Waals surface area contributed by atoms with Gasteiger partial charge in [0, 0.05) is 17.9 Å². The minimum atomic E-state index is -1.58. The van der Waals surface area contributed by atoms with Gasteiger partial charge in [0.25, 0.3) is 0 Å². The van der Waals surface area contributed by atoms with Crippen molar-refractivity contribution in [2.45, 2.75) is 103 Å². The first-order valence-corrected chi connectivity index (χ1v) is 14.1. The number of cyclic esters (lactones) is 1. The number of hydrogen-bond donors (Lipinski definition) is 2. The lowest BCUT2D eigenvalue weighted by Crippen LogP contribution is -2.45. The summed E-state index contributed by atoms with van der Waals surface area (Å²) in [6.45, 7) is 10.4. The van der Waals surface area contributed by atoms with Gasteiger partial charge < -0.3 is 19.7 Å². The fraction of sp³-hybridized carbons (Fsp3) is 0.742. The molecule has 0 amide bonds. The summed E-state index contributed by atoms with van der Waals surface area (Å²) in [5.74, 6) is -0.641. The summed E-state index contributed by atoms with van der Waals surface area (Å²) < 4.78 is 10.7. The maximum atomic E-state index is 12.3. The number of carbonyl (C=O) groups is 2. The van der Waals surface area contributed by atoms with Gasteiger partial charge in [-0.15, -0.1) is 0 Å². The molecular weight excluding hydrogens is 468 g/mol. The third kappa shape index (κ3) is 3.96. The lowest BCUT2D eigenvalue weighted by molar-refractivity contribution is -0.166. The maximum absolute atomic E-state index is 12.3. The van der Waals surface area contributed by atoms with Crippen molar-refractivity contribution in [3.05, 3.63) is 34.9 Å². The number of carbonyl (C=O) groups excluding carboxylic acids is 2. The number of allylic oxidation sites excluding steroid dienone is 4. The standard InChI is InChI=1S/C31H44O6/c1-28(2)22-8-9-23-19(15-18(22)7-10-26(33)37-28)11-13-30(4)24(12-14-29(23,30)3)21-16-20(17-25(21)32)31(5,35)27(34)36-6/h7,10,15,20-22,24-25,32,35H,8-9,11-14,16-17H2,1-6H3/t20-,21+,22-,24-,25-,29+,30-,31-/m1/s1. The second-order valence-electron chi connectivity index (χ2n) is 13.5. The Morgan fingerprint density at radius 1 is 1.11 bits per heavy atom. The van der Waals surface area contributed by atoms with Crippen LogP contribution >= 0.6 is 0 Å². The van der Waals surface area contributed by atoms with Crippen LogP contribution in [-0.2, 0) is 19.1 Å². The molecule has 37 heavy (non-hydrogen) atoms. The fourth-order valence-corrected chi connectivity index (χ4v) is 9.11. The van der Waals surface area contributed by atoms with Crippen molar-refractivity contribution >= 4 is 11.9 Å². The van der Waals surface area contributed by atoms with Gasteiger partial charge in [-0.3, -0.25) is 0 Å². The molecule has 0 aromatic rings. The van der Waals surface area contributed by atoms with Gasteiger partial charge >= 0.3 is 11.9 Å². The quantitative estimate of drug-likeness (QED) is 0.515. The van der Waals surface area contributed by atoms with Gasteiger partial charge in [0.1, 0.15) is 5.60 Å². The fourth-order valence-electron chi connectivity index (χ4n) is 9.11. The Kier molecular flexibility index (Phi) is 6.35. The topological polar surface area (TPSA) is 93.1 Å². The van der Waals surface area contributed by atoms with Crippen LogP contribution in [0.1, 0.15) is 86.0 Å². The Bertz CT molecular complexity index is 1080. The Balaban J connectivity index is 1.45. The van der Waals surface area contributed by atoms with Gasteiger partial charge in [-0.2, -0.15) is 0 Å². The molecule has 0 radical (unpaired) electrons. The Hall–Kier alpha value is -1.92. The summed E-state index contributed by atoms with van der Waals surface area (Å²) in [6, 6.07) is 0. The van der Waals surface area contributed by atoms with E-state index >= 15 is 0 Å². The Labute approximate surface area is 221 Å². The molecule has 1 heterocycles. The molecule has 0 unspecified atom stereocenters. The molecule has 0 aromatic heterocycles. The second kappa shape index (κ2) is 8.81. The zero-order valence-electron chi connectivity index (χ0n) is 23.3. The van der Waals surface area contributed by atoms with E-state index in [0.29, 0.717) is 18.8 Å². The summed E-state index contributed by atoms with van der Waals surface area (Å²) in [5, 5.41) is 22.2. The summed E-state index contributed by atoms with van der Waals surface area (Å²) in [6.07, 6.45) is 12.5. The highest BCUT2D eigenvalue weighted by molar-refractivity contribution is 5.83. The highest BCUT2D eigenvalue weighted by atomic mass is 16.6. The van der Waals surface area contributed by atoms with Crippen molar-refractivity contribution < 1.29 is 29.3 Å². The number of methoxy groups -OCH3 is 1. The number of fused-ring (bicyclic) bond motifs is 3. The predicted octanol–water partition coefficient (Wildman–Crippen LogP) is 5.04. The number of hydrogen-bond acceptors (Lipinski definition) is 6. The lowest BCUT2D eigenvalue weighted by Gasteiger charge is -2.52. The summed E-state index contributed by atoms with van der Waals surface area (Å²) >= 11 is 0. The smallest absolute Gasteiger partial charge is 0.337 e. The van der Waals surface area contributed by atoms with Gasteiger partial charge in [0.05, 0.1) is 13.2 Å². The highest BCUT2D eigenvalue weighted by Gasteiger charge is 2.62. The van der Waals surface area contributed by atoms with E-state index < -0.39 is 23.3 Å². The molecule has 1 aliphatic heterocycles. The number of esters is 2. The van der Waals surface area contributed by atoms with Crippen LogP contribution in [0.2, 0.25) is 0 Å². The molecule has 2 fully saturated rings. The molecule has 4 aliphatic carbocycles. The largest absolute Gasteiger partial charge is 0.467 e. The van der Waals surface area contributed by atoms with E-state index in [1.165, 1.54) is 25.2 Å². The second-order valence-corrected chi connectivity index (χ2v) is 13.5. The van der Waals surface area contributed by atoms with Crippen molar-refractivity contribution in [1.29, 1.82) is 0 Å². The van der Waals surface area contributed by atoms with Crippen LogP contribution in [0.3, 0.4) is 0 Å². The summed E-state index contributed by atoms with van der Waals surface area (Å²) in [4.78, 5) is 24.5. The molecule has 2 N–H and O–H groups in total. The number of aliphatic hydroxyl groups is 2. The minimum absolute atomic E-state index is 0.0269. The Morgan fingerprint density at radius 2 is 1.84 bits per heavy atom. The van der Waals surface area contributed by atoms with Crippen molar-refractivity contribution in [3.8, 4) is 0 Å². The molecule has 204 valence electrons. The molecule has 2 saturated carbocycles. The van der Waals surface area contributed by atoms with E-state index in [4.69, 9.17) is 9.47 Å². The van der Waals surface area contributed by atoms with Gasteiger partial charge in [0.15, 0.2) is 5.60 Å². The third-order valence-electron chi connectivity index (χ3n) is 11.5. The van der Waals surface area contributed by atoms with Gasteiger partial charge in [0.2, 0.25) is 0 Å². The molecule has 5 rings (SSSR count). The van der Waals surface area contributed by atoms with E-state index in [0.717, 1.165) is 38.5 Å². The number of rotatable bonds is 3. The van der Waals surface area contributed by atoms with Gasteiger partial charge in [-0.05, 0) is 106 Å². The summed E-state index contributed by atoms with van der Waals surface area (Å²) in [5.41, 5.74) is 2.09. The lowest BCUT2D eigenvalue weighted by atomic mass is 9.52. The highest BCUT2D eigenvalue weighted by Crippen LogP contribution is 2.69. The van der Waals surface area contributed by atoms with Crippen LogP contribution in [0.15, 0.2) is 34.9 Å². The first-order chi connectivity index (χ1) is 17.2. The molecule has 8 atom stereocenters. The van der Waals surface area contributed by atoms with E-state index in [9.17, 15) is 19.8 Å². The van der Waals surface area contributed by atoms with E-state index in [1.54, 1.807) is 11.6 Å². The number of aliphatic hydroxyl groups excluding tert-OH is 1. The zero-order valence-corrected chi connectivity index (χ0v) is 23.3. The zero-order chi connectivity index (χ0) is 27.0. The van der Waals surface area contributed by atoms with Crippen molar-refractivity contribution in [1.82, 2.24) is 0 Å². The first kappa shape index (κ1) is 26.7. The van der Waals surface area contributed by atoms with Crippen molar-refractivity contribution in [2.75, 3.05) is 7.11 Å². The third-order valence-corrected chi connectivity index (χ3v) is 11.5. The molecule has 0 spiro atoms. The van der Waals surface area contributed by atoms with Crippen LogP contribution in [0.4, 0.5) is 0 Å². The normalized spacial score (nSPS) is 42.4. The van der Waals surface area contributed by atoms with Crippen LogP contribution in [-0.4, -0.2) is 46.6 Å². The average molecular weight is 513 g/mol. The average Bonchev–Trinajstić information content (AvgIpc) is 3.21. The monoisotopic (exact) mass is 512 g/mol. The van der Waals surface area contributed by atoms with Gasteiger partial charge in [-0.1, -0.05) is 31.6 Å². The van der Waals surface area contributed by atoms with Crippen LogP contribution in [0.25, 0.3) is 0 Å². The number of ether oxygens (including phenoxy) is 2. The maximum Gasteiger partial charge on any atom is 0.337 e. The molecule has 0 bridgehead atoms. The predicted molar refractivity (Wildman–Crippen MR) is 140 cm³/mol. The first-order valence-electron chi connectivity index (χ1n) is 14.1. The molecule has 6 nitrogen and oxygen atoms in total. The molecular formula is C31H44O6. The van der Waals surface area contributed by atoms with Crippen molar-refractivity contribution in [2.24, 2.45) is 34.5 Å². The van der Waals surface area contributed by atoms with Crippen LogP contribution in [0, 0.1) is 34.5 Å². The van der Waals surface area contributed by atoms with Crippen molar-refractivity contribution in [3.63, 3.8) is 0 Å². The van der Waals surface area contributed by atoms with Crippen LogP contribution in [0.5, 0.6) is 0 Å².